The van der Waals surface area contributed by atoms with Gasteiger partial charge >= 0.3 is 5.97 Å². The summed E-state index contributed by atoms with van der Waals surface area (Å²) in [7, 11) is 0. The van der Waals surface area contributed by atoms with Gasteiger partial charge in [-0.2, -0.15) is 0 Å². The number of benzene rings is 1. The van der Waals surface area contributed by atoms with Gasteiger partial charge in [0.1, 0.15) is 0 Å². The molecule has 1 N–H and O–H groups in total. The van der Waals surface area contributed by atoms with Crippen LogP contribution >= 0.6 is 0 Å². The molecule has 0 amide bonds. The van der Waals surface area contributed by atoms with Crippen LogP contribution in [0.5, 0.6) is 0 Å². The van der Waals surface area contributed by atoms with Gasteiger partial charge in [0, 0.05) is 6.61 Å². The van der Waals surface area contributed by atoms with Crippen LogP contribution in [0.1, 0.15) is 34.8 Å². The smallest absolute Gasteiger partial charge is 0.338 e. The first-order chi connectivity index (χ1) is 8.24. The van der Waals surface area contributed by atoms with Gasteiger partial charge < -0.3 is 9.84 Å². The molecule has 0 saturated heterocycles. The molecule has 1 aromatic carbocycles. The van der Waals surface area contributed by atoms with Gasteiger partial charge in [-0.3, -0.25) is 0 Å². The molecule has 0 aliphatic heterocycles. The summed E-state index contributed by atoms with van der Waals surface area (Å²) < 4.78 is 4.98. The molecule has 1 unspecified atom stereocenters. The van der Waals surface area contributed by atoms with Crippen LogP contribution in [0.2, 0.25) is 0 Å². The highest BCUT2D eigenvalue weighted by atomic mass is 16.5. The van der Waals surface area contributed by atoms with Crippen molar-refractivity contribution in [3.8, 4) is 0 Å². The maximum absolute atomic E-state index is 11.6. The number of esters is 1. The molecule has 3 heteroatoms. The minimum absolute atomic E-state index is 0.249. The topological polar surface area (TPSA) is 46.5 Å². The lowest BCUT2D eigenvalue weighted by Crippen LogP contribution is -2.18. The normalized spacial score (nSPS) is 18.6. The van der Waals surface area contributed by atoms with Crippen LogP contribution < -0.4 is 0 Å². The van der Waals surface area contributed by atoms with Gasteiger partial charge in [0.15, 0.2) is 0 Å². The van der Waals surface area contributed by atoms with Crippen molar-refractivity contribution in [1.82, 2.24) is 0 Å². The quantitative estimate of drug-likeness (QED) is 0.813. The highest BCUT2D eigenvalue weighted by Gasteiger charge is 2.19. The summed E-state index contributed by atoms with van der Waals surface area (Å²) in [5.74, 6) is 0.121. The Morgan fingerprint density at radius 2 is 2.29 bits per heavy atom. The zero-order chi connectivity index (χ0) is 12.3. The lowest BCUT2D eigenvalue weighted by Gasteiger charge is -2.23. The summed E-state index contributed by atoms with van der Waals surface area (Å²) in [5.41, 5.74) is 3.11. The molecule has 1 aliphatic rings. The second kappa shape index (κ2) is 5.32. The van der Waals surface area contributed by atoms with E-state index in [0.717, 1.165) is 19.3 Å². The summed E-state index contributed by atoms with van der Waals surface area (Å²) in [6.07, 6.45) is 2.85. The van der Waals surface area contributed by atoms with Gasteiger partial charge in [-0.05, 0) is 55.4 Å². The standard InChI is InChI=1S/C14H18O3/c1-2-17-14(16)13-6-5-11-7-10(9-15)3-4-12(11)8-13/h5-6,8,10,15H,2-4,7,9H2,1H3. The van der Waals surface area contributed by atoms with E-state index in [4.69, 9.17) is 9.84 Å². The van der Waals surface area contributed by atoms with Gasteiger partial charge in [-0.1, -0.05) is 6.07 Å². The molecule has 3 nitrogen and oxygen atoms in total. The van der Waals surface area contributed by atoms with E-state index >= 15 is 0 Å². The van der Waals surface area contributed by atoms with Gasteiger partial charge in [-0.25, -0.2) is 4.79 Å². The second-order valence-electron chi connectivity index (χ2n) is 4.50. The third-order valence-electron chi connectivity index (χ3n) is 3.31. The molecule has 0 aromatic heterocycles. The van der Waals surface area contributed by atoms with E-state index in [1.807, 2.05) is 25.1 Å². The molecule has 92 valence electrons. The van der Waals surface area contributed by atoms with E-state index in [1.165, 1.54) is 11.1 Å². The number of carbonyl (C=O) groups excluding carboxylic acids is 1. The minimum atomic E-state index is -0.250. The van der Waals surface area contributed by atoms with Gasteiger partial charge in [0.05, 0.1) is 12.2 Å². The van der Waals surface area contributed by atoms with Crippen LogP contribution in [0.3, 0.4) is 0 Å². The van der Waals surface area contributed by atoms with Crippen molar-refractivity contribution in [2.24, 2.45) is 5.92 Å². The molecule has 0 bridgehead atoms. The van der Waals surface area contributed by atoms with Gasteiger partial charge in [0.25, 0.3) is 0 Å². The lowest BCUT2D eigenvalue weighted by atomic mass is 9.83. The fourth-order valence-electron chi connectivity index (χ4n) is 2.33. The Hall–Kier alpha value is -1.35. The Labute approximate surface area is 101 Å². The summed E-state index contributed by atoms with van der Waals surface area (Å²) in [4.78, 5) is 11.6. The van der Waals surface area contributed by atoms with Crippen molar-refractivity contribution in [1.29, 1.82) is 0 Å². The molecular weight excluding hydrogens is 216 g/mol. The predicted octanol–water partition coefficient (Wildman–Crippen LogP) is 1.96. The molecule has 2 rings (SSSR count). The highest BCUT2D eigenvalue weighted by Crippen LogP contribution is 2.26. The van der Waals surface area contributed by atoms with Crippen LogP contribution in [0.25, 0.3) is 0 Å². The van der Waals surface area contributed by atoms with Crippen LogP contribution in [0, 0.1) is 5.92 Å². The van der Waals surface area contributed by atoms with Crippen LogP contribution in [-0.4, -0.2) is 24.3 Å². The number of aliphatic hydroxyl groups is 1. The van der Waals surface area contributed by atoms with Crippen molar-refractivity contribution in [2.45, 2.75) is 26.2 Å². The van der Waals surface area contributed by atoms with Crippen molar-refractivity contribution in [3.05, 3.63) is 34.9 Å². The average Bonchev–Trinajstić information content (AvgIpc) is 2.37. The Bertz CT molecular complexity index is 412. The number of ether oxygens (including phenoxy) is 1. The minimum Gasteiger partial charge on any atom is -0.462 e. The fourth-order valence-corrected chi connectivity index (χ4v) is 2.33. The lowest BCUT2D eigenvalue weighted by molar-refractivity contribution is 0.0526. The number of hydrogen-bond acceptors (Lipinski definition) is 3. The summed E-state index contributed by atoms with van der Waals surface area (Å²) in [5, 5.41) is 9.16. The van der Waals surface area contributed by atoms with E-state index in [-0.39, 0.29) is 12.6 Å². The number of aliphatic hydroxyl groups excluding tert-OH is 1. The second-order valence-corrected chi connectivity index (χ2v) is 4.50. The maximum atomic E-state index is 11.6. The molecule has 0 spiro atoms. The molecule has 0 saturated carbocycles. The Balaban J connectivity index is 2.18. The zero-order valence-electron chi connectivity index (χ0n) is 10.1. The first-order valence-corrected chi connectivity index (χ1v) is 6.14. The molecular formula is C14H18O3. The number of aryl methyl sites for hydroxylation is 1. The Morgan fingerprint density at radius 1 is 1.47 bits per heavy atom. The van der Waals surface area contributed by atoms with Crippen LogP contribution in [0.15, 0.2) is 18.2 Å². The number of fused-ring (bicyclic) bond motifs is 1. The van der Waals surface area contributed by atoms with E-state index in [0.29, 0.717) is 18.1 Å². The molecule has 17 heavy (non-hydrogen) atoms. The molecule has 0 radical (unpaired) electrons. The first kappa shape index (κ1) is 12.1. The molecule has 0 heterocycles. The highest BCUT2D eigenvalue weighted by molar-refractivity contribution is 5.89. The van der Waals surface area contributed by atoms with Crippen molar-refractivity contribution >= 4 is 5.97 Å². The van der Waals surface area contributed by atoms with Crippen molar-refractivity contribution in [3.63, 3.8) is 0 Å². The largest absolute Gasteiger partial charge is 0.462 e. The van der Waals surface area contributed by atoms with Crippen molar-refractivity contribution < 1.29 is 14.6 Å². The van der Waals surface area contributed by atoms with Gasteiger partial charge in [0.2, 0.25) is 0 Å². The van der Waals surface area contributed by atoms with Gasteiger partial charge in [-0.15, -0.1) is 0 Å². The monoisotopic (exact) mass is 234 g/mol. The number of hydrogen-bond donors (Lipinski definition) is 1. The number of rotatable bonds is 3. The predicted molar refractivity (Wildman–Crippen MR) is 65.0 cm³/mol. The molecule has 1 aliphatic carbocycles. The third kappa shape index (κ3) is 2.67. The van der Waals surface area contributed by atoms with E-state index < -0.39 is 0 Å². The molecule has 1 atom stereocenters. The zero-order valence-corrected chi connectivity index (χ0v) is 10.1. The average molecular weight is 234 g/mol. The van der Waals surface area contributed by atoms with E-state index in [9.17, 15) is 4.79 Å². The number of carbonyl (C=O) groups is 1. The van der Waals surface area contributed by atoms with E-state index in [1.54, 1.807) is 0 Å². The summed E-state index contributed by atoms with van der Waals surface area (Å²) >= 11 is 0. The Morgan fingerprint density at radius 3 is 3.00 bits per heavy atom. The molecule has 0 fully saturated rings. The van der Waals surface area contributed by atoms with Crippen molar-refractivity contribution in [2.75, 3.05) is 13.2 Å². The molecule has 1 aromatic rings. The first-order valence-electron chi connectivity index (χ1n) is 6.14. The fraction of sp³-hybridized carbons (Fsp3) is 0.500. The maximum Gasteiger partial charge on any atom is 0.338 e. The SMILES string of the molecule is CCOC(=O)c1ccc2c(c1)CCC(CO)C2. The third-order valence-corrected chi connectivity index (χ3v) is 3.31. The Kier molecular flexibility index (Phi) is 3.79. The van der Waals surface area contributed by atoms with Crippen LogP contribution in [-0.2, 0) is 17.6 Å². The van der Waals surface area contributed by atoms with E-state index in [2.05, 4.69) is 0 Å². The van der Waals surface area contributed by atoms with Crippen LogP contribution in [0.4, 0.5) is 0 Å². The summed E-state index contributed by atoms with van der Waals surface area (Å²) in [6, 6.07) is 5.74. The summed E-state index contributed by atoms with van der Waals surface area (Å²) in [6.45, 7) is 2.46.